The van der Waals surface area contributed by atoms with Crippen molar-refractivity contribution < 1.29 is 27.7 Å². The van der Waals surface area contributed by atoms with E-state index in [-0.39, 0.29) is 5.92 Å². The highest BCUT2D eigenvalue weighted by Gasteiger charge is 2.35. The Morgan fingerprint density at radius 2 is 1.76 bits per heavy atom. The average Bonchev–Trinajstić information content (AvgIpc) is 3.20. The monoisotopic (exact) mass is 301 g/mol. The number of nitro benzene ring substituents is 1. The van der Waals surface area contributed by atoms with E-state index in [4.69, 9.17) is 0 Å². The minimum absolute atomic E-state index is 0.266. The van der Waals surface area contributed by atoms with Crippen LogP contribution in [0.5, 0.6) is 0 Å². The van der Waals surface area contributed by atoms with Gasteiger partial charge in [0.25, 0.3) is 0 Å². The second-order valence-electron chi connectivity index (χ2n) is 4.89. The standard InChI is InChI=1S/C13H10F3NO4/c1-5-9(8(19)4-7(18)6-2-3-6)10(14)11(15)12(16)13(5)17(20)21/h6H,2-4H2,1H3. The Labute approximate surface area is 116 Å². The lowest BCUT2D eigenvalue weighted by atomic mass is 9.97. The molecule has 0 aromatic heterocycles. The van der Waals surface area contributed by atoms with Gasteiger partial charge in [-0.3, -0.25) is 19.7 Å². The predicted octanol–water partition coefficient (Wildman–Crippen LogP) is 2.87. The highest BCUT2D eigenvalue weighted by atomic mass is 19.2. The van der Waals surface area contributed by atoms with E-state index in [1.807, 2.05) is 0 Å². The molecule has 2 rings (SSSR count). The van der Waals surface area contributed by atoms with Gasteiger partial charge >= 0.3 is 5.69 Å². The van der Waals surface area contributed by atoms with Crippen molar-refractivity contribution in [2.45, 2.75) is 26.2 Å². The zero-order chi connectivity index (χ0) is 15.9. The minimum Gasteiger partial charge on any atom is -0.299 e. The van der Waals surface area contributed by atoms with Crippen LogP contribution in [0.15, 0.2) is 0 Å². The summed E-state index contributed by atoms with van der Waals surface area (Å²) in [6.07, 6.45) is 0.585. The molecule has 0 unspecified atom stereocenters. The number of benzene rings is 1. The van der Waals surface area contributed by atoms with E-state index in [1.54, 1.807) is 0 Å². The third-order valence-corrected chi connectivity index (χ3v) is 3.37. The van der Waals surface area contributed by atoms with Crippen molar-refractivity contribution in [1.29, 1.82) is 0 Å². The summed E-state index contributed by atoms with van der Waals surface area (Å²) in [7, 11) is 0. The summed E-state index contributed by atoms with van der Waals surface area (Å²) in [5.41, 5.74) is -2.85. The molecule has 0 radical (unpaired) electrons. The topological polar surface area (TPSA) is 77.3 Å². The molecular formula is C13H10F3NO4. The number of Topliss-reactive ketones (excluding diaryl/α,β-unsaturated/α-hetero) is 2. The fraction of sp³-hybridized carbons (Fsp3) is 0.385. The van der Waals surface area contributed by atoms with Crippen LogP contribution in [0.1, 0.15) is 35.2 Å². The van der Waals surface area contributed by atoms with Gasteiger partial charge in [0, 0.05) is 11.5 Å². The molecule has 1 fully saturated rings. The van der Waals surface area contributed by atoms with Crippen molar-refractivity contribution in [3.63, 3.8) is 0 Å². The Morgan fingerprint density at radius 1 is 1.19 bits per heavy atom. The van der Waals surface area contributed by atoms with Crippen molar-refractivity contribution in [3.05, 3.63) is 38.7 Å². The Morgan fingerprint density at radius 3 is 2.24 bits per heavy atom. The maximum absolute atomic E-state index is 13.7. The summed E-state index contributed by atoms with van der Waals surface area (Å²) in [5.74, 6) is -7.62. The first-order valence-electron chi connectivity index (χ1n) is 6.13. The van der Waals surface area contributed by atoms with E-state index in [9.17, 15) is 32.9 Å². The zero-order valence-corrected chi connectivity index (χ0v) is 10.9. The molecule has 21 heavy (non-hydrogen) atoms. The van der Waals surface area contributed by atoms with E-state index in [1.165, 1.54) is 0 Å². The average molecular weight is 301 g/mol. The molecule has 0 N–H and O–H groups in total. The van der Waals surface area contributed by atoms with Crippen LogP contribution in [-0.2, 0) is 4.79 Å². The van der Waals surface area contributed by atoms with Crippen LogP contribution in [-0.4, -0.2) is 16.5 Å². The molecule has 1 aliphatic carbocycles. The molecule has 0 amide bonds. The quantitative estimate of drug-likeness (QED) is 0.275. The lowest BCUT2D eigenvalue weighted by Gasteiger charge is -2.08. The molecule has 1 saturated carbocycles. The Balaban J connectivity index is 2.49. The van der Waals surface area contributed by atoms with Crippen LogP contribution in [0.4, 0.5) is 18.9 Å². The zero-order valence-electron chi connectivity index (χ0n) is 10.9. The van der Waals surface area contributed by atoms with Crippen molar-refractivity contribution >= 4 is 17.3 Å². The molecule has 0 saturated heterocycles. The summed E-state index contributed by atoms with van der Waals surface area (Å²) in [6, 6.07) is 0. The number of hydrogen-bond acceptors (Lipinski definition) is 4. The van der Waals surface area contributed by atoms with Gasteiger partial charge in [-0.25, -0.2) is 8.78 Å². The lowest BCUT2D eigenvalue weighted by Crippen LogP contribution is -2.16. The Hall–Kier alpha value is -2.25. The van der Waals surface area contributed by atoms with Crippen molar-refractivity contribution in [1.82, 2.24) is 0 Å². The maximum Gasteiger partial charge on any atom is 0.311 e. The number of halogens is 3. The first-order chi connectivity index (χ1) is 9.75. The lowest BCUT2D eigenvalue weighted by molar-refractivity contribution is -0.388. The molecule has 112 valence electrons. The molecular weight excluding hydrogens is 291 g/mol. The summed E-state index contributed by atoms with van der Waals surface area (Å²) >= 11 is 0. The van der Waals surface area contributed by atoms with Gasteiger partial charge in [0.1, 0.15) is 5.78 Å². The van der Waals surface area contributed by atoms with Gasteiger partial charge in [0.2, 0.25) is 11.6 Å². The molecule has 0 atom stereocenters. The van der Waals surface area contributed by atoms with Crippen LogP contribution >= 0.6 is 0 Å². The molecule has 0 heterocycles. The molecule has 1 aromatic rings. The number of nitro groups is 1. The van der Waals surface area contributed by atoms with E-state index in [0.29, 0.717) is 12.8 Å². The molecule has 0 aliphatic heterocycles. The van der Waals surface area contributed by atoms with Crippen LogP contribution in [0.25, 0.3) is 0 Å². The van der Waals surface area contributed by atoms with E-state index in [2.05, 4.69) is 0 Å². The van der Waals surface area contributed by atoms with E-state index < -0.39 is 57.2 Å². The number of hydrogen-bond donors (Lipinski definition) is 0. The number of rotatable bonds is 5. The van der Waals surface area contributed by atoms with Gasteiger partial charge in [-0.15, -0.1) is 0 Å². The fourth-order valence-corrected chi connectivity index (χ4v) is 2.10. The van der Waals surface area contributed by atoms with Gasteiger partial charge in [-0.1, -0.05) is 0 Å². The van der Waals surface area contributed by atoms with Crippen LogP contribution in [0.3, 0.4) is 0 Å². The summed E-state index contributed by atoms with van der Waals surface area (Å²) < 4.78 is 40.5. The first kappa shape index (κ1) is 15.1. The number of carbonyl (C=O) groups excluding carboxylic acids is 2. The summed E-state index contributed by atoms with van der Waals surface area (Å²) in [5, 5.41) is 10.7. The first-order valence-corrected chi connectivity index (χ1v) is 6.13. The van der Waals surface area contributed by atoms with E-state index in [0.717, 1.165) is 6.92 Å². The van der Waals surface area contributed by atoms with Crippen LogP contribution < -0.4 is 0 Å². The Bertz CT molecular complexity index is 668. The molecule has 5 nitrogen and oxygen atoms in total. The van der Waals surface area contributed by atoms with Gasteiger partial charge in [0.05, 0.1) is 16.9 Å². The smallest absolute Gasteiger partial charge is 0.299 e. The van der Waals surface area contributed by atoms with Crippen molar-refractivity contribution in [2.24, 2.45) is 5.92 Å². The second-order valence-corrected chi connectivity index (χ2v) is 4.89. The Kier molecular flexibility index (Phi) is 3.80. The molecule has 8 heteroatoms. The highest BCUT2D eigenvalue weighted by Crippen LogP contribution is 2.34. The molecule has 1 aliphatic rings. The maximum atomic E-state index is 13.7. The largest absolute Gasteiger partial charge is 0.311 e. The molecule has 0 bridgehead atoms. The number of nitrogens with zero attached hydrogens (tertiary/aromatic N) is 1. The van der Waals surface area contributed by atoms with Crippen molar-refractivity contribution in [3.8, 4) is 0 Å². The van der Waals surface area contributed by atoms with Gasteiger partial charge in [0.15, 0.2) is 11.6 Å². The van der Waals surface area contributed by atoms with Gasteiger partial charge in [-0.2, -0.15) is 4.39 Å². The molecule has 0 spiro atoms. The summed E-state index contributed by atoms with van der Waals surface area (Å²) in [6.45, 7) is 0.943. The number of ketones is 2. The third-order valence-electron chi connectivity index (χ3n) is 3.37. The van der Waals surface area contributed by atoms with Crippen LogP contribution in [0.2, 0.25) is 0 Å². The van der Waals surface area contributed by atoms with Gasteiger partial charge in [-0.05, 0) is 19.8 Å². The van der Waals surface area contributed by atoms with Crippen LogP contribution in [0, 0.1) is 40.4 Å². The van der Waals surface area contributed by atoms with Crippen molar-refractivity contribution in [2.75, 3.05) is 0 Å². The third kappa shape index (κ3) is 2.65. The summed E-state index contributed by atoms with van der Waals surface area (Å²) in [4.78, 5) is 32.9. The second kappa shape index (κ2) is 5.27. The molecule has 1 aromatic carbocycles. The SMILES string of the molecule is Cc1c(C(=O)CC(=O)C2CC2)c(F)c(F)c(F)c1[N+](=O)[O-]. The minimum atomic E-state index is -2.09. The predicted molar refractivity (Wildman–Crippen MR) is 64.4 cm³/mol. The fourth-order valence-electron chi connectivity index (χ4n) is 2.10. The normalized spacial score (nSPS) is 14.1. The van der Waals surface area contributed by atoms with E-state index >= 15 is 0 Å². The highest BCUT2D eigenvalue weighted by molar-refractivity contribution is 6.10. The number of carbonyl (C=O) groups is 2. The van der Waals surface area contributed by atoms with Gasteiger partial charge < -0.3 is 0 Å².